The molecule has 0 aromatic rings. The van der Waals surface area contributed by atoms with E-state index in [-0.39, 0.29) is 35.5 Å². The molecule has 1 saturated heterocycles. The number of amides is 2. The van der Waals surface area contributed by atoms with Gasteiger partial charge in [-0.15, -0.1) is 0 Å². The van der Waals surface area contributed by atoms with E-state index in [0.717, 1.165) is 11.4 Å². The summed E-state index contributed by atoms with van der Waals surface area (Å²) in [6, 6.07) is 0. The van der Waals surface area contributed by atoms with E-state index in [9.17, 15) is 9.59 Å². The smallest absolute Gasteiger partial charge is 0.248 e. The number of hydrogen-bond acceptors (Lipinski definition) is 3. The Morgan fingerprint density at radius 1 is 1.28 bits per heavy atom. The molecule has 0 unspecified atom stereocenters. The van der Waals surface area contributed by atoms with Crippen LogP contribution in [0.1, 0.15) is 27.2 Å². The van der Waals surface area contributed by atoms with Crippen LogP contribution in [0, 0.1) is 35.5 Å². The maximum atomic E-state index is 12.2. The maximum Gasteiger partial charge on any atom is 0.248 e. The third-order valence-electron chi connectivity index (χ3n) is 5.20. The van der Waals surface area contributed by atoms with Crippen molar-refractivity contribution in [1.29, 1.82) is 0 Å². The number of allylic oxidation sites excluding steroid dienone is 2. The van der Waals surface area contributed by atoms with Crippen molar-refractivity contribution in [2.75, 3.05) is 0 Å². The van der Waals surface area contributed by atoms with Crippen molar-refractivity contribution >= 4 is 11.8 Å². The maximum absolute atomic E-state index is 12.2. The lowest BCUT2D eigenvalue weighted by atomic mass is 9.54. The molecule has 2 N–H and O–H groups in total. The van der Waals surface area contributed by atoms with Crippen LogP contribution in [0.3, 0.4) is 0 Å². The third-order valence-corrected chi connectivity index (χ3v) is 5.20. The summed E-state index contributed by atoms with van der Waals surface area (Å²) < 4.78 is 0. The van der Waals surface area contributed by atoms with E-state index in [1.165, 1.54) is 5.57 Å². The number of nitrogens with two attached hydrogens (primary N) is 1. The van der Waals surface area contributed by atoms with Gasteiger partial charge in [0.05, 0.1) is 11.8 Å². The van der Waals surface area contributed by atoms with Crippen LogP contribution in [-0.2, 0) is 9.59 Å². The molecule has 98 valence electrons. The van der Waals surface area contributed by atoms with E-state index in [2.05, 4.69) is 26.8 Å². The minimum absolute atomic E-state index is 0.172. The van der Waals surface area contributed by atoms with Crippen LogP contribution in [0.4, 0.5) is 0 Å². The van der Waals surface area contributed by atoms with Gasteiger partial charge in [0.15, 0.2) is 0 Å². The van der Waals surface area contributed by atoms with E-state index in [0.29, 0.717) is 11.8 Å². The molecule has 2 amide bonds. The summed E-state index contributed by atoms with van der Waals surface area (Å²) in [6.07, 6.45) is 3.25. The van der Waals surface area contributed by atoms with Crippen LogP contribution in [0.5, 0.6) is 0 Å². The van der Waals surface area contributed by atoms with Crippen molar-refractivity contribution in [3.8, 4) is 0 Å². The Labute approximate surface area is 107 Å². The third kappa shape index (κ3) is 1.30. The van der Waals surface area contributed by atoms with Crippen molar-refractivity contribution in [2.45, 2.75) is 27.2 Å². The normalized spacial score (nSPS) is 42.6. The van der Waals surface area contributed by atoms with Gasteiger partial charge in [0.1, 0.15) is 0 Å². The Bertz CT molecular complexity index is 455. The molecule has 1 saturated carbocycles. The van der Waals surface area contributed by atoms with Crippen molar-refractivity contribution in [3.05, 3.63) is 11.6 Å². The predicted molar refractivity (Wildman–Crippen MR) is 66.7 cm³/mol. The monoisotopic (exact) mass is 248 g/mol. The molecule has 1 aliphatic heterocycles. The molecule has 0 spiro atoms. The van der Waals surface area contributed by atoms with Crippen molar-refractivity contribution in [1.82, 2.24) is 5.01 Å². The van der Waals surface area contributed by atoms with E-state index in [4.69, 9.17) is 5.84 Å². The van der Waals surface area contributed by atoms with Gasteiger partial charge in [-0.25, -0.2) is 10.9 Å². The van der Waals surface area contributed by atoms with Gasteiger partial charge >= 0.3 is 0 Å². The number of imide groups is 1. The average Bonchev–Trinajstić information content (AvgIpc) is 2.56. The minimum Gasteiger partial charge on any atom is -0.273 e. The molecule has 4 aliphatic rings. The van der Waals surface area contributed by atoms with Gasteiger partial charge in [-0.2, -0.15) is 0 Å². The van der Waals surface area contributed by atoms with E-state index in [1.54, 1.807) is 0 Å². The quantitative estimate of drug-likeness (QED) is 0.329. The fraction of sp³-hybridized carbons (Fsp3) is 0.714. The van der Waals surface area contributed by atoms with Gasteiger partial charge in [-0.1, -0.05) is 25.5 Å². The van der Waals surface area contributed by atoms with Gasteiger partial charge < -0.3 is 0 Å². The van der Waals surface area contributed by atoms with Crippen LogP contribution >= 0.6 is 0 Å². The van der Waals surface area contributed by atoms with Crippen LogP contribution in [0.15, 0.2) is 11.6 Å². The number of nitrogens with zero attached hydrogens (tertiary/aromatic N) is 1. The highest BCUT2D eigenvalue weighted by Gasteiger charge is 2.60. The highest BCUT2D eigenvalue weighted by Crippen LogP contribution is 2.55. The molecule has 2 fully saturated rings. The molecular weight excluding hydrogens is 228 g/mol. The molecule has 18 heavy (non-hydrogen) atoms. The lowest BCUT2D eigenvalue weighted by Crippen LogP contribution is -2.46. The molecule has 0 aromatic carbocycles. The molecule has 4 nitrogen and oxygen atoms in total. The van der Waals surface area contributed by atoms with Crippen LogP contribution in [0.25, 0.3) is 0 Å². The Hall–Kier alpha value is -1.16. The number of carbonyl (C=O) groups excluding carboxylic acids is 2. The van der Waals surface area contributed by atoms with Crippen LogP contribution in [0.2, 0.25) is 0 Å². The molecule has 2 bridgehead atoms. The number of carbonyl (C=O) groups is 2. The molecule has 0 aromatic heterocycles. The van der Waals surface area contributed by atoms with Gasteiger partial charge in [-0.3, -0.25) is 9.59 Å². The summed E-state index contributed by atoms with van der Waals surface area (Å²) in [6.45, 7) is 6.48. The first-order chi connectivity index (χ1) is 8.43. The summed E-state index contributed by atoms with van der Waals surface area (Å²) >= 11 is 0. The Kier molecular flexibility index (Phi) is 2.43. The van der Waals surface area contributed by atoms with E-state index >= 15 is 0 Å². The fourth-order valence-electron chi connectivity index (χ4n) is 4.27. The highest BCUT2D eigenvalue weighted by atomic mass is 16.2. The topological polar surface area (TPSA) is 63.4 Å². The van der Waals surface area contributed by atoms with Crippen molar-refractivity contribution in [3.63, 3.8) is 0 Å². The zero-order chi connectivity index (χ0) is 13.2. The predicted octanol–water partition coefficient (Wildman–Crippen LogP) is 1.33. The van der Waals surface area contributed by atoms with Gasteiger partial charge in [0.25, 0.3) is 0 Å². The summed E-state index contributed by atoms with van der Waals surface area (Å²) in [7, 11) is 0. The first-order valence-corrected chi connectivity index (χ1v) is 6.74. The standard InChI is InChI=1S/C14H20N2O2/c1-6(2)8-5-9-7(3)4-10(8)12-11(9)13(17)16(15)14(12)18/h4,6,8-12H,5,15H2,1-3H3/t8-,9+,10+,11-,12+/m1/s1. The summed E-state index contributed by atoms with van der Waals surface area (Å²) in [5.74, 6) is 6.34. The molecule has 4 heteroatoms. The van der Waals surface area contributed by atoms with Gasteiger partial charge in [0.2, 0.25) is 11.8 Å². The fourth-order valence-corrected chi connectivity index (χ4v) is 4.27. The lowest BCUT2D eigenvalue weighted by Gasteiger charge is -2.48. The van der Waals surface area contributed by atoms with Crippen LogP contribution < -0.4 is 5.84 Å². The number of rotatable bonds is 1. The van der Waals surface area contributed by atoms with E-state index < -0.39 is 0 Å². The zero-order valence-electron chi connectivity index (χ0n) is 11.1. The molecular formula is C14H20N2O2. The second kappa shape index (κ2) is 3.67. The summed E-state index contributed by atoms with van der Waals surface area (Å²) in [5, 5.41) is 0.866. The minimum atomic E-state index is -0.197. The van der Waals surface area contributed by atoms with Gasteiger partial charge in [0, 0.05) is 0 Å². The van der Waals surface area contributed by atoms with E-state index in [1.807, 2.05) is 0 Å². The second-order valence-corrected chi connectivity index (χ2v) is 6.34. The van der Waals surface area contributed by atoms with Crippen LogP contribution in [-0.4, -0.2) is 16.8 Å². The molecule has 3 aliphatic carbocycles. The molecule has 0 radical (unpaired) electrons. The average molecular weight is 248 g/mol. The largest absolute Gasteiger partial charge is 0.273 e. The Morgan fingerprint density at radius 2 is 1.89 bits per heavy atom. The lowest BCUT2D eigenvalue weighted by molar-refractivity contribution is -0.140. The Balaban J connectivity index is 2.05. The highest BCUT2D eigenvalue weighted by molar-refractivity contribution is 6.05. The number of hydrazine groups is 1. The number of fused-ring (bicyclic) bond motifs is 1. The van der Waals surface area contributed by atoms with Gasteiger partial charge in [-0.05, 0) is 37.0 Å². The Morgan fingerprint density at radius 3 is 2.50 bits per heavy atom. The molecule has 1 heterocycles. The molecule has 4 rings (SSSR count). The number of hydrogen-bond donors (Lipinski definition) is 1. The summed E-state index contributed by atoms with van der Waals surface area (Å²) in [5.41, 5.74) is 1.27. The van der Waals surface area contributed by atoms with Crippen molar-refractivity contribution in [2.24, 2.45) is 41.4 Å². The first kappa shape index (κ1) is 11.9. The molecule has 5 atom stereocenters. The second-order valence-electron chi connectivity index (χ2n) is 6.34. The SMILES string of the molecule is CC1=C[C@@H]2[C@@H]3C(=O)N(N)C(=O)[C@@H]3[C@H]1C[C@@H]2C(C)C. The summed E-state index contributed by atoms with van der Waals surface area (Å²) in [4.78, 5) is 24.3. The zero-order valence-corrected chi connectivity index (χ0v) is 11.1. The first-order valence-electron chi connectivity index (χ1n) is 6.74. The van der Waals surface area contributed by atoms with Crippen molar-refractivity contribution < 1.29 is 9.59 Å².